The van der Waals surface area contributed by atoms with E-state index in [1.54, 1.807) is 0 Å². The smallest absolute Gasteiger partial charge is 0.261 e. The van der Waals surface area contributed by atoms with Gasteiger partial charge in [0.25, 0.3) is 5.91 Å². The lowest BCUT2D eigenvalue weighted by molar-refractivity contribution is -0.132. The van der Waals surface area contributed by atoms with Gasteiger partial charge in [0.15, 0.2) is 0 Å². The number of nitrogens with zero attached hydrogens (tertiary/aromatic N) is 2. The van der Waals surface area contributed by atoms with Gasteiger partial charge in [-0.15, -0.1) is 0 Å². The molecule has 0 radical (unpaired) electrons. The molecule has 12 heteroatoms. The number of hydrogen-bond acceptors (Lipinski definition) is 7. The molecule has 1 amide bonds. The molecule has 1 heterocycles. The number of benzene rings is 1. The molecule has 0 saturated carbocycles. The van der Waals surface area contributed by atoms with Crippen LogP contribution in [0, 0.1) is 5.92 Å². The van der Waals surface area contributed by atoms with Crippen molar-refractivity contribution in [1.82, 2.24) is 14.1 Å². The highest BCUT2D eigenvalue weighted by Gasteiger charge is 2.47. The largest absolute Gasteiger partial charge is 0.497 e. The molecule has 1 saturated heterocycles. The lowest BCUT2D eigenvalue weighted by Crippen LogP contribution is -2.45. The van der Waals surface area contributed by atoms with Crippen LogP contribution in [-0.2, 0) is 24.8 Å². The van der Waals surface area contributed by atoms with Gasteiger partial charge < -0.3 is 4.74 Å². The van der Waals surface area contributed by atoms with Gasteiger partial charge in [0.05, 0.1) is 18.3 Å². The fraction of sp³-hybridized carbons (Fsp3) is 0.632. The molecule has 31 heavy (non-hydrogen) atoms. The van der Waals surface area contributed by atoms with Crippen LogP contribution in [0.1, 0.15) is 33.1 Å². The lowest BCUT2D eigenvalue weighted by Gasteiger charge is -2.27. The van der Waals surface area contributed by atoms with Gasteiger partial charge in [0.1, 0.15) is 11.8 Å². The predicted molar refractivity (Wildman–Crippen MR) is 115 cm³/mol. The van der Waals surface area contributed by atoms with Crippen LogP contribution in [-0.4, -0.2) is 75.1 Å². The Hall–Kier alpha value is -1.73. The molecule has 0 bridgehead atoms. The van der Waals surface area contributed by atoms with E-state index >= 15 is 0 Å². The van der Waals surface area contributed by atoms with Crippen molar-refractivity contribution in [2.24, 2.45) is 5.92 Å². The van der Waals surface area contributed by atoms with Gasteiger partial charge in [-0.3, -0.25) is 10.0 Å². The number of amides is 1. The van der Waals surface area contributed by atoms with Crippen LogP contribution in [0.15, 0.2) is 29.2 Å². The van der Waals surface area contributed by atoms with Crippen molar-refractivity contribution in [3.05, 3.63) is 24.3 Å². The molecule has 1 aliphatic heterocycles. The first-order valence-corrected chi connectivity index (χ1v) is 13.3. The van der Waals surface area contributed by atoms with Crippen LogP contribution in [0.5, 0.6) is 5.75 Å². The zero-order valence-corrected chi connectivity index (χ0v) is 19.8. The zero-order valence-electron chi connectivity index (χ0n) is 18.2. The number of rotatable bonds is 10. The first-order chi connectivity index (χ1) is 14.4. The summed E-state index contributed by atoms with van der Waals surface area (Å²) < 4.78 is 58.6. The fourth-order valence-corrected chi connectivity index (χ4v) is 6.52. The van der Waals surface area contributed by atoms with E-state index in [2.05, 4.69) is 0 Å². The Morgan fingerprint density at radius 3 is 2.35 bits per heavy atom. The van der Waals surface area contributed by atoms with Crippen molar-refractivity contribution in [3.8, 4) is 5.75 Å². The molecule has 1 fully saturated rings. The number of hydrogen-bond donors (Lipinski definition) is 2. The SMILES string of the molecule is COc1ccc(S(=O)(=O)N2C[C@@H](N(CCCC(C)C)S(C)(=O)=O)C[C@@H]2C(=O)NO)cc1. The van der Waals surface area contributed by atoms with E-state index in [4.69, 9.17) is 9.94 Å². The molecule has 0 aromatic heterocycles. The third kappa shape index (κ3) is 6.16. The predicted octanol–water partition coefficient (Wildman–Crippen LogP) is 1.03. The highest BCUT2D eigenvalue weighted by Crippen LogP contribution is 2.31. The van der Waals surface area contributed by atoms with Crippen molar-refractivity contribution < 1.29 is 31.6 Å². The van der Waals surface area contributed by atoms with Crippen molar-refractivity contribution in [2.75, 3.05) is 26.5 Å². The Balaban J connectivity index is 2.36. The Kier molecular flexibility index (Phi) is 8.45. The number of nitrogens with one attached hydrogen (secondary N) is 1. The molecule has 0 aliphatic carbocycles. The summed E-state index contributed by atoms with van der Waals surface area (Å²) in [6, 6.07) is 3.71. The Morgan fingerprint density at radius 1 is 1.26 bits per heavy atom. The normalized spacial score (nSPS) is 20.4. The minimum absolute atomic E-state index is 0.0590. The maximum Gasteiger partial charge on any atom is 0.261 e. The molecule has 0 spiro atoms. The molecule has 2 rings (SSSR count). The summed E-state index contributed by atoms with van der Waals surface area (Å²) in [5.74, 6) is -0.0450. The number of carbonyl (C=O) groups excluding carboxylic acids is 1. The molecule has 1 aromatic rings. The van der Waals surface area contributed by atoms with E-state index in [9.17, 15) is 21.6 Å². The summed E-state index contributed by atoms with van der Waals surface area (Å²) in [7, 11) is -6.32. The molecule has 176 valence electrons. The summed E-state index contributed by atoms with van der Waals surface area (Å²) in [6.07, 6.45) is 2.44. The van der Waals surface area contributed by atoms with Gasteiger partial charge in [-0.25, -0.2) is 22.3 Å². The van der Waals surface area contributed by atoms with E-state index < -0.39 is 38.0 Å². The summed E-state index contributed by atoms with van der Waals surface area (Å²) in [4.78, 5) is 12.2. The quantitative estimate of drug-likeness (QED) is 0.380. The molecule has 10 nitrogen and oxygen atoms in total. The van der Waals surface area contributed by atoms with E-state index in [0.29, 0.717) is 18.1 Å². The second-order valence-corrected chi connectivity index (χ2v) is 11.9. The topological polar surface area (TPSA) is 133 Å². The van der Waals surface area contributed by atoms with Gasteiger partial charge in [-0.2, -0.15) is 8.61 Å². The molecule has 1 aromatic carbocycles. The highest BCUT2D eigenvalue weighted by atomic mass is 32.2. The maximum atomic E-state index is 13.2. The van der Waals surface area contributed by atoms with Crippen LogP contribution < -0.4 is 10.2 Å². The van der Waals surface area contributed by atoms with Crippen molar-refractivity contribution >= 4 is 26.0 Å². The summed E-state index contributed by atoms with van der Waals surface area (Å²) in [6.45, 7) is 4.10. The number of sulfonamides is 2. The number of methoxy groups -OCH3 is 1. The second-order valence-electron chi connectivity index (χ2n) is 8.04. The average molecular weight is 478 g/mol. The van der Waals surface area contributed by atoms with E-state index in [-0.39, 0.29) is 24.4 Å². The van der Waals surface area contributed by atoms with E-state index in [0.717, 1.165) is 17.0 Å². The Bertz CT molecular complexity index is 963. The first-order valence-electron chi connectivity index (χ1n) is 9.98. The number of carbonyl (C=O) groups is 1. The van der Waals surface area contributed by atoms with Gasteiger partial charge in [-0.1, -0.05) is 13.8 Å². The van der Waals surface area contributed by atoms with Crippen LogP contribution in [0.3, 0.4) is 0 Å². The maximum absolute atomic E-state index is 13.2. The lowest BCUT2D eigenvalue weighted by atomic mass is 10.1. The van der Waals surface area contributed by atoms with Crippen LogP contribution in [0.4, 0.5) is 0 Å². The standard InChI is InChI=1S/C19H31N3O7S2/c1-14(2)6-5-11-21(30(4,25)26)15-12-18(19(23)20-24)22(13-15)31(27,28)17-9-7-16(29-3)8-10-17/h7-10,14-15,18,24H,5-6,11-13H2,1-4H3,(H,20,23)/t15-,18+/m0/s1. The van der Waals surface area contributed by atoms with E-state index in [1.807, 2.05) is 13.8 Å². The van der Waals surface area contributed by atoms with Gasteiger partial charge in [0.2, 0.25) is 20.0 Å². The van der Waals surface area contributed by atoms with Crippen molar-refractivity contribution in [2.45, 2.75) is 50.1 Å². The second kappa shape index (κ2) is 10.3. The monoisotopic (exact) mass is 477 g/mol. The van der Waals surface area contributed by atoms with E-state index in [1.165, 1.54) is 41.2 Å². The third-order valence-corrected chi connectivity index (χ3v) is 8.53. The first kappa shape index (κ1) is 25.5. The number of hydroxylamine groups is 1. The molecule has 2 N–H and O–H groups in total. The van der Waals surface area contributed by atoms with Crippen molar-refractivity contribution in [3.63, 3.8) is 0 Å². The fourth-order valence-electron chi connectivity index (χ4n) is 3.73. The summed E-state index contributed by atoms with van der Waals surface area (Å²) in [5.41, 5.74) is 1.50. The van der Waals surface area contributed by atoms with Crippen LogP contribution in [0.25, 0.3) is 0 Å². The molecule has 2 atom stereocenters. The zero-order chi connectivity index (χ0) is 23.4. The number of ether oxygens (including phenoxy) is 1. The Morgan fingerprint density at radius 2 is 1.87 bits per heavy atom. The Labute approximate surface area is 184 Å². The summed E-state index contributed by atoms with van der Waals surface area (Å²) in [5, 5.41) is 9.14. The molecular weight excluding hydrogens is 446 g/mol. The molecular formula is C19H31N3O7S2. The summed E-state index contributed by atoms with van der Waals surface area (Å²) >= 11 is 0. The molecule has 1 aliphatic rings. The van der Waals surface area contributed by atoms with Crippen LogP contribution in [0.2, 0.25) is 0 Å². The van der Waals surface area contributed by atoms with Crippen molar-refractivity contribution in [1.29, 1.82) is 0 Å². The molecule has 0 unspecified atom stereocenters. The minimum atomic E-state index is -4.13. The highest BCUT2D eigenvalue weighted by molar-refractivity contribution is 7.89. The van der Waals surface area contributed by atoms with Gasteiger partial charge >= 0.3 is 0 Å². The van der Waals surface area contributed by atoms with Crippen LogP contribution >= 0.6 is 0 Å². The minimum Gasteiger partial charge on any atom is -0.497 e. The third-order valence-electron chi connectivity index (χ3n) is 5.31. The van der Waals surface area contributed by atoms with Gasteiger partial charge in [-0.05, 0) is 49.4 Å². The average Bonchev–Trinajstić information content (AvgIpc) is 3.15. The van der Waals surface area contributed by atoms with Gasteiger partial charge in [0, 0.05) is 19.1 Å².